The molecule has 2 aromatic rings. The van der Waals surface area contributed by atoms with Crippen molar-refractivity contribution < 1.29 is 13.9 Å². The molecule has 3 rings (SSSR count). The number of morpholine rings is 1. The largest absolute Gasteiger partial charge is 0.497 e. The van der Waals surface area contributed by atoms with Crippen LogP contribution in [0.5, 0.6) is 5.75 Å². The van der Waals surface area contributed by atoms with Gasteiger partial charge in [-0.3, -0.25) is 0 Å². The summed E-state index contributed by atoms with van der Waals surface area (Å²) in [7, 11) is 1.63. The van der Waals surface area contributed by atoms with Crippen molar-refractivity contribution in [2.45, 2.75) is 26.1 Å². The first-order chi connectivity index (χ1) is 12.1. The van der Waals surface area contributed by atoms with Crippen molar-refractivity contribution in [2.75, 3.05) is 25.1 Å². The summed E-state index contributed by atoms with van der Waals surface area (Å²) in [6.07, 6.45) is 3.79. The Morgan fingerprint density at radius 1 is 1.28 bits per heavy atom. The molecule has 2 heterocycles. The van der Waals surface area contributed by atoms with Crippen LogP contribution in [0.3, 0.4) is 0 Å². The van der Waals surface area contributed by atoms with E-state index in [0.29, 0.717) is 30.6 Å². The lowest BCUT2D eigenvalue weighted by Crippen LogP contribution is -2.45. The van der Waals surface area contributed by atoms with Crippen molar-refractivity contribution in [2.24, 2.45) is 0 Å². The molecule has 6 heteroatoms. The minimum absolute atomic E-state index is 0.0798. The van der Waals surface area contributed by atoms with Gasteiger partial charge in [-0.2, -0.15) is 10.2 Å². The molecule has 25 heavy (non-hydrogen) atoms. The zero-order chi connectivity index (χ0) is 17.8. The molecule has 1 aliphatic rings. The smallest absolute Gasteiger partial charge is 0.235 e. The van der Waals surface area contributed by atoms with Crippen molar-refractivity contribution in [3.8, 4) is 11.8 Å². The first-order valence-electron chi connectivity index (χ1n) is 8.22. The van der Waals surface area contributed by atoms with Crippen LogP contribution in [0.4, 0.5) is 5.88 Å². The van der Waals surface area contributed by atoms with Crippen LogP contribution in [0.1, 0.15) is 31.0 Å². The Hall–Kier alpha value is -2.78. The summed E-state index contributed by atoms with van der Waals surface area (Å²) >= 11 is 0. The fourth-order valence-electron chi connectivity index (χ4n) is 2.94. The molecule has 0 saturated carbocycles. The zero-order valence-electron chi connectivity index (χ0n) is 14.6. The summed E-state index contributed by atoms with van der Waals surface area (Å²) in [4.78, 5) is 6.30. The van der Waals surface area contributed by atoms with Crippen molar-refractivity contribution >= 4 is 18.0 Å². The number of aromatic nitrogens is 1. The summed E-state index contributed by atoms with van der Waals surface area (Å²) in [5.41, 5.74) is 1.26. The minimum Gasteiger partial charge on any atom is -0.497 e. The maximum absolute atomic E-state index is 9.38. The SMILES string of the molecule is COc1cccc(/C=C/c2nc(C#N)c(N3CC(C)OC(C)C3)o2)c1. The van der Waals surface area contributed by atoms with Crippen LogP contribution in [0.2, 0.25) is 0 Å². The summed E-state index contributed by atoms with van der Waals surface area (Å²) in [5, 5.41) is 9.38. The number of nitriles is 1. The quantitative estimate of drug-likeness (QED) is 0.851. The van der Waals surface area contributed by atoms with Gasteiger partial charge in [-0.25, -0.2) is 0 Å². The average Bonchev–Trinajstić information content (AvgIpc) is 3.03. The van der Waals surface area contributed by atoms with Gasteiger partial charge in [0.25, 0.3) is 0 Å². The van der Waals surface area contributed by atoms with Crippen LogP contribution in [0, 0.1) is 11.3 Å². The highest BCUT2D eigenvalue weighted by Gasteiger charge is 2.27. The predicted molar refractivity (Wildman–Crippen MR) is 95.4 cm³/mol. The van der Waals surface area contributed by atoms with E-state index in [2.05, 4.69) is 11.1 Å². The molecule has 0 spiro atoms. The standard InChI is InChI=1S/C19H21N3O3/c1-13-11-22(12-14(2)24-13)19-17(10-20)21-18(25-19)8-7-15-5-4-6-16(9-15)23-3/h4-9,13-14H,11-12H2,1-3H3/b8-7+. The predicted octanol–water partition coefficient (Wildman–Crippen LogP) is 3.34. The molecule has 0 radical (unpaired) electrons. The Bertz CT molecular complexity index is 796. The van der Waals surface area contributed by atoms with E-state index in [1.807, 2.05) is 49.1 Å². The first kappa shape index (κ1) is 17.1. The summed E-state index contributed by atoms with van der Waals surface area (Å²) in [6, 6.07) is 9.79. The Balaban J connectivity index is 1.83. The molecule has 1 aromatic carbocycles. The lowest BCUT2D eigenvalue weighted by Gasteiger charge is -2.34. The van der Waals surface area contributed by atoms with Crippen molar-refractivity contribution in [1.29, 1.82) is 5.26 Å². The third-order valence-corrected chi connectivity index (χ3v) is 3.95. The van der Waals surface area contributed by atoms with Crippen molar-refractivity contribution in [1.82, 2.24) is 4.98 Å². The number of hydrogen-bond donors (Lipinski definition) is 0. The second-order valence-electron chi connectivity index (χ2n) is 6.09. The van der Waals surface area contributed by atoms with E-state index in [0.717, 1.165) is 11.3 Å². The highest BCUT2D eigenvalue weighted by atomic mass is 16.5. The van der Waals surface area contributed by atoms with Gasteiger partial charge in [0.2, 0.25) is 17.5 Å². The Labute approximate surface area is 147 Å². The number of benzene rings is 1. The summed E-state index contributed by atoms with van der Waals surface area (Å²) in [5.74, 6) is 1.69. The summed E-state index contributed by atoms with van der Waals surface area (Å²) in [6.45, 7) is 5.36. The van der Waals surface area contributed by atoms with Crippen molar-refractivity contribution in [3.63, 3.8) is 0 Å². The molecule has 2 unspecified atom stereocenters. The van der Waals surface area contributed by atoms with Gasteiger partial charge in [-0.05, 0) is 37.6 Å². The van der Waals surface area contributed by atoms with E-state index < -0.39 is 0 Å². The number of hydrogen-bond acceptors (Lipinski definition) is 6. The highest BCUT2D eigenvalue weighted by molar-refractivity contribution is 5.68. The molecule has 1 fully saturated rings. The van der Waals surface area contributed by atoms with E-state index in [1.165, 1.54) is 0 Å². The van der Waals surface area contributed by atoms with E-state index in [-0.39, 0.29) is 12.2 Å². The number of ether oxygens (including phenoxy) is 2. The number of nitrogens with zero attached hydrogens (tertiary/aromatic N) is 3. The topological polar surface area (TPSA) is 71.5 Å². The highest BCUT2D eigenvalue weighted by Crippen LogP contribution is 2.26. The van der Waals surface area contributed by atoms with Gasteiger partial charge in [0.05, 0.1) is 19.3 Å². The molecule has 1 aliphatic heterocycles. The molecule has 0 bridgehead atoms. The van der Waals surface area contributed by atoms with Crippen LogP contribution >= 0.6 is 0 Å². The molecule has 2 atom stereocenters. The number of anilines is 1. The van der Waals surface area contributed by atoms with Crippen LogP contribution in [-0.4, -0.2) is 37.4 Å². The fraction of sp³-hybridized carbons (Fsp3) is 0.368. The molecular formula is C19H21N3O3. The molecule has 0 N–H and O–H groups in total. The van der Waals surface area contributed by atoms with Gasteiger partial charge in [0.1, 0.15) is 11.8 Å². The normalized spacial score (nSPS) is 20.6. The Kier molecular flexibility index (Phi) is 5.05. The van der Waals surface area contributed by atoms with Gasteiger partial charge in [-0.1, -0.05) is 12.1 Å². The monoisotopic (exact) mass is 339 g/mol. The third kappa shape index (κ3) is 4.01. The number of rotatable bonds is 4. The van der Waals surface area contributed by atoms with E-state index >= 15 is 0 Å². The van der Waals surface area contributed by atoms with Gasteiger partial charge in [-0.15, -0.1) is 0 Å². The Morgan fingerprint density at radius 2 is 2.04 bits per heavy atom. The molecule has 0 amide bonds. The van der Waals surface area contributed by atoms with E-state index in [4.69, 9.17) is 13.9 Å². The maximum Gasteiger partial charge on any atom is 0.235 e. The summed E-state index contributed by atoms with van der Waals surface area (Å²) < 4.78 is 16.8. The van der Waals surface area contributed by atoms with Gasteiger partial charge in [0.15, 0.2) is 0 Å². The Morgan fingerprint density at radius 3 is 2.72 bits per heavy atom. The second kappa shape index (κ2) is 7.41. The molecule has 130 valence electrons. The molecule has 0 aliphatic carbocycles. The van der Waals surface area contributed by atoms with E-state index in [1.54, 1.807) is 13.2 Å². The number of methoxy groups -OCH3 is 1. The molecule has 6 nitrogen and oxygen atoms in total. The van der Waals surface area contributed by atoms with E-state index in [9.17, 15) is 5.26 Å². The average molecular weight is 339 g/mol. The molecule has 1 aromatic heterocycles. The van der Waals surface area contributed by atoms with Gasteiger partial charge >= 0.3 is 0 Å². The second-order valence-corrected chi connectivity index (χ2v) is 6.09. The van der Waals surface area contributed by atoms with Crippen LogP contribution in [0.15, 0.2) is 28.7 Å². The number of oxazole rings is 1. The van der Waals surface area contributed by atoms with Crippen molar-refractivity contribution in [3.05, 3.63) is 41.4 Å². The lowest BCUT2D eigenvalue weighted by atomic mass is 10.2. The van der Waals surface area contributed by atoms with Crippen LogP contribution < -0.4 is 9.64 Å². The molecule has 1 saturated heterocycles. The molecular weight excluding hydrogens is 318 g/mol. The lowest BCUT2D eigenvalue weighted by molar-refractivity contribution is -0.00642. The zero-order valence-corrected chi connectivity index (χ0v) is 14.6. The van der Waals surface area contributed by atoms with Gasteiger partial charge < -0.3 is 18.8 Å². The fourth-order valence-corrected chi connectivity index (χ4v) is 2.94. The third-order valence-electron chi connectivity index (χ3n) is 3.95. The first-order valence-corrected chi connectivity index (χ1v) is 8.22. The van der Waals surface area contributed by atoms with Gasteiger partial charge in [0, 0.05) is 19.2 Å². The van der Waals surface area contributed by atoms with Crippen LogP contribution in [0.25, 0.3) is 12.2 Å². The minimum atomic E-state index is 0.0798. The van der Waals surface area contributed by atoms with Crippen LogP contribution in [-0.2, 0) is 4.74 Å². The maximum atomic E-state index is 9.38.